The maximum Gasteiger partial charge on any atom is 0.134 e. The lowest BCUT2D eigenvalue weighted by Gasteiger charge is -2.00. The molecular formula is C12H24N2O. The average molecular weight is 212 g/mol. The molecule has 0 aromatic carbocycles. The molecule has 0 atom stereocenters. The van der Waals surface area contributed by atoms with E-state index in [0.29, 0.717) is 0 Å². The van der Waals surface area contributed by atoms with Crippen molar-refractivity contribution in [3.05, 3.63) is 24.0 Å². The molecule has 1 aromatic heterocycles. The molecule has 0 bridgehead atoms. The van der Waals surface area contributed by atoms with E-state index in [1.54, 1.807) is 12.3 Å². The van der Waals surface area contributed by atoms with E-state index in [0.717, 1.165) is 18.7 Å². The van der Waals surface area contributed by atoms with E-state index < -0.39 is 0 Å². The summed E-state index contributed by atoms with van der Waals surface area (Å²) in [5, 5.41) is 12.2. The van der Waals surface area contributed by atoms with Crippen molar-refractivity contribution in [3.63, 3.8) is 0 Å². The second-order valence-corrected chi connectivity index (χ2v) is 2.33. The Labute approximate surface area is 93.6 Å². The third-order valence-corrected chi connectivity index (χ3v) is 1.36. The SMILES string of the molecule is CC.CC.CCNCc1cncc(O)c1. The number of aromatic nitrogens is 1. The number of hydrogen-bond donors (Lipinski definition) is 2. The van der Waals surface area contributed by atoms with Gasteiger partial charge in [0.05, 0.1) is 6.20 Å². The van der Waals surface area contributed by atoms with Crippen LogP contribution in [0.4, 0.5) is 0 Å². The van der Waals surface area contributed by atoms with Crippen molar-refractivity contribution in [1.82, 2.24) is 10.3 Å². The molecule has 0 aliphatic rings. The Morgan fingerprint density at radius 2 is 1.80 bits per heavy atom. The standard InChI is InChI=1S/C8H12N2O.2C2H6/c1-2-9-4-7-3-8(11)6-10-5-7;2*1-2/h3,5-6,9,11H,2,4H2,1H3;2*1-2H3. The van der Waals surface area contributed by atoms with Crippen molar-refractivity contribution in [1.29, 1.82) is 0 Å². The molecule has 0 aliphatic carbocycles. The molecule has 0 unspecified atom stereocenters. The highest BCUT2D eigenvalue weighted by Crippen LogP contribution is 2.07. The fourth-order valence-corrected chi connectivity index (χ4v) is 0.840. The fraction of sp³-hybridized carbons (Fsp3) is 0.583. The largest absolute Gasteiger partial charge is 0.506 e. The quantitative estimate of drug-likeness (QED) is 0.809. The van der Waals surface area contributed by atoms with E-state index in [1.807, 2.05) is 34.6 Å². The van der Waals surface area contributed by atoms with Crippen LogP contribution in [-0.4, -0.2) is 16.6 Å². The average Bonchev–Trinajstić information content (AvgIpc) is 2.32. The normalized spacial score (nSPS) is 8.07. The van der Waals surface area contributed by atoms with Crippen LogP contribution in [-0.2, 0) is 6.54 Å². The summed E-state index contributed by atoms with van der Waals surface area (Å²) >= 11 is 0. The van der Waals surface area contributed by atoms with Gasteiger partial charge in [0.2, 0.25) is 0 Å². The zero-order chi connectivity index (χ0) is 12.1. The zero-order valence-corrected chi connectivity index (χ0v) is 10.5. The molecular weight excluding hydrogens is 188 g/mol. The number of hydrogen-bond acceptors (Lipinski definition) is 3. The predicted molar refractivity (Wildman–Crippen MR) is 66.0 cm³/mol. The third kappa shape index (κ3) is 9.22. The van der Waals surface area contributed by atoms with Crippen molar-refractivity contribution in [2.24, 2.45) is 0 Å². The lowest BCUT2D eigenvalue weighted by Crippen LogP contribution is -2.11. The van der Waals surface area contributed by atoms with Gasteiger partial charge in [0.1, 0.15) is 5.75 Å². The van der Waals surface area contributed by atoms with E-state index in [-0.39, 0.29) is 5.75 Å². The van der Waals surface area contributed by atoms with Gasteiger partial charge in [-0.05, 0) is 18.2 Å². The Bertz CT molecular complexity index is 227. The molecule has 2 N–H and O–H groups in total. The fourth-order valence-electron chi connectivity index (χ4n) is 0.840. The van der Waals surface area contributed by atoms with Crippen molar-refractivity contribution in [2.45, 2.75) is 41.2 Å². The maximum absolute atomic E-state index is 9.02. The first-order valence-electron chi connectivity index (χ1n) is 5.66. The summed E-state index contributed by atoms with van der Waals surface area (Å²) in [5.41, 5.74) is 1.01. The second-order valence-electron chi connectivity index (χ2n) is 2.33. The molecule has 0 amide bonds. The first-order chi connectivity index (χ1) is 7.33. The molecule has 0 aliphatic heterocycles. The van der Waals surface area contributed by atoms with Crippen LogP contribution in [0.25, 0.3) is 0 Å². The Morgan fingerprint density at radius 3 is 2.27 bits per heavy atom. The van der Waals surface area contributed by atoms with Crippen molar-refractivity contribution < 1.29 is 5.11 Å². The lowest BCUT2D eigenvalue weighted by molar-refractivity contribution is 0.471. The number of rotatable bonds is 3. The van der Waals surface area contributed by atoms with Gasteiger partial charge in [-0.25, -0.2) is 0 Å². The van der Waals surface area contributed by atoms with Crippen LogP contribution in [0.2, 0.25) is 0 Å². The summed E-state index contributed by atoms with van der Waals surface area (Å²) in [7, 11) is 0. The Morgan fingerprint density at radius 1 is 1.20 bits per heavy atom. The molecule has 3 heteroatoms. The number of nitrogens with one attached hydrogen (secondary N) is 1. The van der Waals surface area contributed by atoms with Gasteiger partial charge < -0.3 is 10.4 Å². The van der Waals surface area contributed by atoms with Crippen LogP contribution in [0.1, 0.15) is 40.2 Å². The molecule has 1 heterocycles. The van der Waals surface area contributed by atoms with E-state index in [4.69, 9.17) is 5.11 Å². The monoisotopic (exact) mass is 212 g/mol. The summed E-state index contributed by atoms with van der Waals surface area (Å²) in [6.45, 7) is 11.7. The molecule has 88 valence electrons. The predicted octanol–water partition coefficient (Wildman–Crippen LogP) is 2.95. The van der Waals surface area contributed by atoms with E-state index in [2.05, 4.69) is 10.3 Å². The van der Waals surface area contributed by atoms with Crippen LogP contribution >= 0.6 is 0 Å². The Balaban J connectivity index is 0. The van der Waals surface area contributed by atoms with E-state index in [9.17, 15) is 0 Å². The van der Waals surface area contributed by atoms with Crippen LogP contribution < -0.4 is 5.32 Å². The van der Waals surface area contributed by atoms with Gasteiger partial charge in [-0.15, -0.1) is 0 Å². The van der Waals surface area contributed by atoms with Crippen LogP contribution in [0, 0.1) is 0 Å². The zero-order valence-electron chi connectivity index (χ0n) is 10.5. The highest BCUT2D eigenvalue weighted by atomic mass is 16.3. The number of aromatic hydroxyl groups is 1. The molecule has 1 rings (SSSR count). The highest BCUT2D eigenvalue weighted by Gasteiger charge is 1.92. The lowest BCUT2D eigenvalue weighted by atomic mass is 10.3. The Hall–Kier alpha value is -1.09. The van der Waals surface area contributed by atoms with Crippen LogP contribution in [0.15, 0.2) is 18.5 Å². The van der Waals surface area contributed by atoms with Crippen LogP contribution in [0.3, 0.4) is 0 Å². The minimum atomic E-state index is 0.223. The van der Waals surface area contributed by atoms with Gasteiger partial charge in [-0.2, -0.15) is 0 Å². The minimum absolute atomic E-state index is 0.223. The van der Waals surface area contributed by atoms with Crippen molar-refractivity contribution >= 4 is 0 Å². The summed E-state index contributed by atoms with van der Waals surface area (Å²) in [6.07, 6.45) is 3.16. The topological polar surface area (TPSA) is 45.2 Å². The molecule has 1 aromatic rings. The Kier molecular flexibility index (Phi) is 14.1. The molecule has 0 fully saturated rings. The van der Waals surface area contributed by atoms with Gasteiger partial charge >= 0.3 is 0 Å². The van der Waals surface area contributed by atoms with Crippen molar-refractivity contribution in [2.75, 3.05) is 6.54 Å². The maximum atomic E-state index is 9.02. The minimum Gasteiger partial charge on any atom is -0.506 e. The van der Waals surface area contributed by atoms with Gasteiger partial charge in [0.15, 0.2) is 0 Å². The highest BCUT2D eigenvalue weighted by molar-refractivity contribution is 5.21. The van der Waals surface area contributed by atoms with E-state index in [1.165, 1.54) is 6.20 Å². The van der Waals surface area contributed by atoms with Crippen LogP contribution in [0.5, 0.6) is 5.75 Å². The molecule has 0 saturated heterocycles. The van der Waals surface area contributed by atoms with Gasteiger partial charge in [0.25, 0.3) is 0 Å². The van der Waals surface area contributed by atoms with Crippen molar-refractivity contribution in [3.8, 4) is 5.75 Å². The molecule has 0 radical (unpaired) electrons. The first kappa shape index (κ1) is 16.3. The summed E-state index contributed by atoms with van der Waals surface area (Å²) in [5.74, 6) is 0.223. The van der Waals surface area contributed by atoms with Gasteiger partial charge in [0, 0.05) is 12.7 Å². The number of pyridine rings is 1. The smallest absolute Gasteiger partial charge is 0.134 e. The first-order valence-corrected chi connectivity index (χ1v) is 5.66. The van der Waals surface area contributed by atoms with E-state index >= 15 is 0 Å². The summed E-state index contributed by atoms with van der Waals surface area (Å²) in [6, 6.07) is 1.70. The summed E-state index contributed by atoms with van der Waals surface area (Å²) < 4.78 is 0. The third-order valence-electron chi connectivity index (χ3n) is 1.36. The molecule has 15 heavy (non-hydrogen) atoms. The second kappa shape index (κ2) is 12.9. The molecule has 3 nitrogen and oxygen atoms in total. The number of nitrogens with zero attached hydrogens (tertiary/aromatic N) is 1. The van der Waals surface area contributed by atoms with Gasteiger partial charge in [-0.3, -0.25) is 4.98 Å². The molecule has 0 saturated carbocycles. The molecule has 0 spiro atoms. The summed E-state index contributed by atoms with van der Waals surface area (Å²) in [4.78, 5) is 3.85. The van der Waals surface area contributed by atoms with Gasteiger partial charge in [-0.1, -0.05) is 34.6 Å².